The second-order valence-electron chi connectivity index (χ2n) is 4.02. The fourth-order valence-electron chi connectivity index (χ4n) is 1.49. The molecule has 0 fully saturated rings. The summed E-state index contributed by atoms with van der Waals surface area (Å²) >= 11 is 0. The highest BCUT2D eigenvalue weighted by Crippen LogP contribution is 2.18. The molecule has 19 heavy (non-hydrogen) atoms. The number of hydrogen-bond acceptors (Lipinski definition) is 3. The molecular formula is C13H16FNO4. The smallest absolute Gasteiger partial charge is 0.323 e. The van der Waals surface area contributed by atoms with Crippen LogP contribution in [0.15, 0.2) is 18.2 Å². The van der Waals surface area contributed by atoms with E-state index >= 15 is 0 Å². The van der Waals surface area contributed by atoms with Gasteiger partial charge in [0.2, 0.25) is 0 Å². The topological polar surface area (TPSA) is 66.8 Å². The van der Waals surface area contributed by atoms with Crippen LogP contribution in [0.3, 0.4) is 0 Å². The Morgan fingerprint density at radius 3 is 2.68 bits per heavy atom. The summed E-state index contributed by atoms with van der Waals surface area (Å²) in [5.41, 5.74) is 0.807. The van der Waals surface area contributed by atoms with Crippen LogP contribution in [-0.2, 0) is 9.59 Å². The number of carboxylic acid groups (broad SMARTS) is 1. The van der Waals surface area contributed by atoms with Gasteiger partial charge in [-0.2, -0.15) is 0 Å². The molecule has 5 nitrogen and oxygen atoms in total. The first-order chi connectivity index (χ1) is 8.93. The molecule has 1 aromatic rings. The van der Waals surface area contributed by atoms with Gasteiger partial charge in [0.05, 0.1) is 0 Å². The van der Waals surface area contributed by atoms with Gasteiger partial charge in [0.15, 0.2) is 18.2 Å². The van der Waals surface area contributed by atoms with Crippen LogP contribution in [0.25, 0.3) is 0 Å². The third kappa shape index (κ3) is 4.57. The predicted octanol–water partition coefficient (Wildman–Crippen LogP) is 1.45. The molecule has 0 spiro atoms. The standard InChI is InChI=1S/C13H16FNO4/c1-3-15(7-13(17)18)12(16)8-19-11-6-9(2)4-5-10(11)14/h4-6H,3,7-8H2,1-2H3,(H,17,18). The number of benzene rings is 1. The number of rotatable bonds is 6. The number of amides is 1. The lowest BCUT2D eigenvalue weighted by Crippen LogP contribution is -2.38. The van der Waals surface area contributed by atoms with Crippen LogP contribution in [0, 0.1) is 12.7 Å². The van der Waals surface area contributed by atoms with Crippen molar-refractivity contribution in [3.63, 3.8) is 0 Å². The molecule has 1 N–H and O–H groups in total. The minimum atomic E-state index is -1.10. The Morgan fingerprint density at radius 1 is 1.42 bits per heavy atom. The summed E-state index contributed by atoms with van der Waals surface area (Å²) in [7, 11) is 0. The normalized spacial score (nSPS) is 10.1. The Labute approximate surface area is 110 Å². The van der Waals surface area contributed by atoms with Crippen LogP contribution < -0.4 is 4.74 Å². The van der Waals surface area contributed by atoms with E-state index in [-0.39, 0.29) is 18.9 Å². The zero-order valence-corrected chi connectivity index (χ0v) is 10.9. The van der Waals surface area contributed by atoms with Gasteiger partial charge >= 0.3 is 5.97 Å². The quantitative estimate of drug-likeness (QED) is 0.848. The SMILES string of the molecule is CCN(CC(=O)O)C(=O)COc1cc(C)ccc1F. The Hall–Kier alpha value is -2.11. The number of hydrogen-bond donors (Lipinski definition) is 1. The van der Waals surface area contributed by atoms with Gasteiger partial charge in [0.25, 0.3) is 5.91 Å². The fourth-order valence-corrected chi connectivity index (χ4v) is 1.49. The first-order valence-electron chi connectivity index (χ1n) is 5.82. The van der Waals surface area contributed by atoms with Crippen molar-refractivity contribution in [2.24, 2.45) is 0 Å². The molecule has 0 aliphatic rings. The second kappa shape index (κ2) is 6.72. The zero-order chi connectivity index (χ0) is 14.4. The largest absolute Gasteiger partial charge is 0.481 e. The summed E-state index contributed by atoms with van der Waals surface area (Å²) in [5.74, 6) is -2.16. The van der Waals surface area contributed by atoms with Gasteiger partial charge in [0, 0.05) is 6.54 Å². The first kappa shape index (κ1) is 14.9. The maximum absolute atomic E-state index is 13.4. The summed E-state index contributed by atoms with van der Waals surface area (Å²) in [6, 6.07) is 4.33. The molecule has 6 heteroatoms. The molecule has 0 heterocycles. The highest BCUT2D eigenvalue weighted by molar-refractivity contribution is 5.82. The maximum Gasteiger partial charge on any atom is 0.323 e. The van der Waals surface area contributed by atoms with E-state index in [0.29, 0.717) is 0 Å². The summed E-state index contributed by atoms with van der Waals surface area (Å²) in [6.45, 7) is 2.91. The Balaban J connectivity index is 2.62. The van der Waals surface area contributed by atoms with E-state index in [1.165, 1.54) is 12.1 Å². The lowest BCUT2D eigenvalue weighted by molar-refractivity contribution is -0.145. The van der Waals surface area contributed by atoms with Gasteiger partial charge in [-0.05, 0) is 31.5 Å². The Kier molecular flexibility index (Phi) is 5.29. The molecule has 0 bridgehead atoms. The lowest BCUT2D eigenvalue weighted by atomic mass is 10.2. The van der Waals surface area contributed by atoms with Crippen molar-refractivity contribution in [2.75, 3.05) is 19.7 Å². The zero-order valence-electron chi connectivity index (χ0n) is 10.9. The van der Waals surface area contributed by atoms with E-state index in [1.807, 2.05) is 0 Å². The van der Waals surface area contributed by atoms with Gasteiger partial charge in [0.1, 0.15) is 6.54 Å². The van der Waals surface area contributed by atoms with E-state index in [2.05, 4.69) is 0 Å². The van der Waals surface area contributed by atoms with Gasteiger partial charge in [-0.15, -0.1) is 0 Å². The number of carbonyl (C=O) groups is 2. The second-order valence-corrected chi connectivity index (χ2v) is 4.02. The van der Waals surface area contributed by atoms with E-state index in [4.69, 9.17) is 9.84 Å². The van der Waals surface area contributed by atoms with Gasteiger partial charge in [-0.25, -0.2) is 4.39 Å². The number of aliphatic carboxylic acids is 1. The highest BCUT2D eigenvalue weighted by atomic mass is 19.1. The molecule has 1 rings (SSSR count). The van der Waals surface area contributed by atoms with Crippen LogP contribution in [0.4, 0.5) is 4.39 Å². The maximum atomic E-state index is 13.4. The van der Waals surface area contributed by atoms with E-state index < -0.39 is 24.2 Å². The number of likely N-dealkylation sites (N-methyl/N-ethyl adjacent to an activating group) is 1. The Morgan fingerprint density at radius 2 is 2.11 bits per heavy atom. The van der Waals surface area contributed by atoms with Crippen molar-refractivity contribution in [1.29, 1.82) is 0 Å². The van der Waals surface area contributed by atoms with Crippen molar-refractivity contribution in [3.8, 4) is 5.75 Å². The number of halogens is 1. The van der Waals surface area contributed by atoms with Gasteiger partial charge in [-0.1, -0.05) is 6.07 Å². The van der Waals surface area contributed by atoms with Crippen LogP contribution in [-0.4, -0.2) is 41.6 Å². The van der Waals surface area contributed by atoms with Crippen molar-refractivity contribution in [2.45, 2.75) is 13.8 Å². The minimum Gasteiger partial charge on any atom is -0.481 e. The number of aryl methyl sites for hydroxylation is 1. The number of nitrogens with zero attached hydrogens (tertiary/aromatic N) is 1. The number of ether oxygens (including phenoxy) is 1. The summed E-state index contributed by atoms with van der Waals surface area (Å²) < 4.78 is 18.5. The number of carbonyl (C=O) groups excluding carboxylic acids is 1. The van der Waals surface area contributed by atoms with Crippen LogP contribution in [0.2, 0.25) is 0 Å². The summed E-state index contributed by atoms with van der Waals surface area (Å²) in [6.07, 6.45) is 0. The van der Waals surface area contributed by atoms with Crippen LogP contribution >= 0.6 is 0 Å². The van der Waals surface area contributed by atoms with Gasteiger partial charge < -0.3 is 14.7 Å². The molecule has 1 aromatic carbocycles. The third-order valence-electron chi connectivity index (χ3n) is 2.50. The Bertz CT molecular complexity index is 476. The molecule has 0 radical (unpaired) electrons. The highest BCUT2D eigenvalue weighted by Gasteiger charge is 2.16. The van der Waals surface area contributed by atoms with E-state index in [0.717, 1.165) is 10.5 Å². The monoisotopic (exact) mass is 269 g/mol. The average Bonchev–Trinajstić information content (AvgIpc) is 2.36. The predicted molar refractivity (Wildman–Crippen MR) is 66.5 cm³/mol. The third-order valence-corrected chi connectivity index (χ3v) is 2.50. The van der Waals surface area contributed by atoms with Crippen LogP contribution in [0.1, 0.15) is 12.5 Å². The fraction of sp³-hybridized carbons (Fsp3) is 0.385. The average molecular weight is 269 g/mol. The summed E-state index contributed by atoms with van der Waals surface area (Å²) in [4.78, 5) is 23.4. The van der Waals surface area contributed by atoms with E-state index in [9.17, 15) is 14.0 Å². The molecule has 1 amide bonds. The molecule has 104 valence electrons. The number of carboxylic acids is 1. The van der Waals surface area contributed by atoms with Crippen molar-refractivity contribution in [3.05, 3.63) is 29.6 Å². The molecule has 0 atom stereocenters. The van der Waals surface area contributed by atoms with Crippen molar-refractivity contribution < 1.29 is 23.8 Å². The molecule has 0 saturated heterocycles. The van der Waals surface area contributed by atoms with Crippen molar-refractivity contribution in [1.82, 2.24) is 4.90 Å². The van der Waals surface area contributed by atoms with Crippen molar-refractivity contribution >= 4 is 11.9 Å². The molecule has 0 saturated carbocycles. The molecular weight excluding hydrogens is 253 g/mol. The van der Waals surface area contributed by atoms with Crippen LogP contribution in [0.5, 0.6) is 5.75 Å². The molecule has 0 unspecified atom stereocenters. The minimum absolute atomic E-state index is 0.0141. The molecule has 0 aromatic heterocycles. The first-order valence-corrected chi connectivity index (χ1v) is 5.82. The van der Waals surface area contributed by atoms with Gasteiger partial charge in [-0.3, -0.25) is 9.59 Å². The molecule has 0 aliphatic carbocycles. The lowest BCUT2D eigenvalue weighted by Gasteiger charge is -2.18. The molecule has 0 aliphatic heterocycles. The summed E-state index contributed by atoms with van der Waals surface area (Å²) in [5, 5.41) is 8.63. The van der Waals surface area contributed by atoms with E-state index in [1.54, 1.807) is 19.9 Å².